The standard InChI is InChI=1S/C14H28O3/c1-11-7-12(9-13(2,3)8-11)16-17-14(4,5)10-15-6/h11-12H,7-10H2,1-6H3. The summed E-state index contributed by atoms with van der Waals surface area (Å²) in [5, 5.41) is 0. The molecule has 1 aliphatic rings. The van der Waals surface area contributed by atoms with E-state index in [1.54, 1.807) is 7.11 Å². The molecule has 17 heavy (non-hydrogen) atoms. The van der Waals surface area contributed by atoms with Crippen LogP contribution in [-0.4, -0.2) is 25.4 Å². The first-order chi connectivity index (χ1) is 7.74. The summed E-state index contributed by atoms with van der Waals surface area (Å²) >= 11 is 0. The Balaban J connectivity index is 2.41. The molecule has 0 radical (unpaired) electrons. The zero-order valence-electron chi connectivity index (χ0n) is 12.2. The molecule has 2 atom stereocenters. The minimum absolute atomic E-state index is 0.213. The Morgan fingerprint density at radius 3 is 2.41 bits per heavy atom. The van der Waals surface area contributed by atoms with E-state index < -0.39 is 0 Å². The van der Waals surface area contributed by atoms with Gasteiger partial charge in [0.25, 0.3) is 0 Å². The van der Waals surface area contributed by atoms with Crippen LogP contribution in [0.25, 0.3) is 0 Å². The lowest BCUT2D eigenvalue weighted by Gasteiger charge is -2.39. The molecule has 1 saturated carbocycles. The average molecular weight is 244 g/mol. The molecule has 102 valence electrons. The van der Waals surface area contributed by atoms with Crippen LogP contribution < -0.4 is 0 Å². The molecule has 3 heteroatoms. The molecule has 0 aliphatic heterocycles. The van der Waals surface area contributed by atoms with Crippen molar-refractivity contribution in [1.29, 1.82) is 0 Å². The summed E-state index contributed by atoms with van der Waals surface area (Å²) in [5.74, 6) is 0.706. The first-order valence-electron chi connectivity index (χ1n) is 6.57. The van der Waals surface area contributed by atoms with Gasteiger partial charge in [-0.1, -0.05) is 20.8 Å². The van der Waals surface area contributed by atoms with Crippen molar-refractivity contribution in [1.82, 2.24) is 0 Å². The number of ether oxygens (including phenoxy) is 1. The maximum Gasteiger partial charge on any atom is 0.121 e. The molecular weight excluding hydrogens is 216 g/mol. The van der Waals surface area contributed by atoms with Crippen molar-refractivity contribution in [3.8, 4) is 0 Å². The maximum atomic E-state index is 5.63. The summed E-state index contributed by atoms with van der Waals surface area (Å²) in [6.45, 7) is 11.4. The van der Waals surface area contributed by atoms with Crippen LogP contribution >= 0.6 is 0 Å². The van der Waals surface area contributed by atoms with Crippen LogP contribution in [0.4, 0.5) is 0 Å². The monoisotopic (exact) mass is 244 g/mol. The summed E-state index contributed by atoms with van der Waals surface area (Å²) in [7, 11) is 1.68. The Morgan fingerprint density at radius 2 is 1.88 bits per heavy atom. The zero-order valence-corrected chi connectivity index (χ0v) is 12.2. The Hall–Kier alpha value is -0.120. The van der Waals surface area contributed by atoms with Crippen molar-refractivity contribution in [3.63, 3.8) is 0 Å². The second-order valence-corrected chi connectivity index (χ2v) is 6.91. The van der Waals surface area contributed by atoms with Gasteiger partial charge < -0.3 is 4.74 Å². The lowest BCUT2D eigenvalue weighted by atomic mass is 9.71. The van der Waals surface area contributed by atoms with E-state index in [2.05, 4.69) is 20.8 Å². The highest BCUT2D eigenvalue weighted by Gasteiger charge is 2.34. The van der Waals surface area contributed by atoms with Crippen LogP contribution in [0.5, 0.6) is 0 Å². The third kappa shape index (κ3) is 5.36. The van der Waals surface area contributed by atoms with E-state index in [0.29, 0.717) is 17.9 Å². The summed E-state index contributed by atoms with van der Waals surface area (Å²) < 4.78 is 5.10. The maximum absolute atomic E-state index is 5.63. The molecule has 0 bridgehead atoms. The Kier molecular flexibility index (Phi) is 4.99. The molecule has 0 N–H and O–H groups in total. The van der Waals surface area contributed by atoms with Gasteiger partial charge in [-0.05, 0) is 44.4 Å². The SMILES string of the molecule is COCC(C)(C)OOC1CC(C)CC(C)(C)C1. The molecule has 1 aliphatic carbocycles. The molecule has 1 fully saturated rings. The van der Waals surface area contributed by atoms with Gasteiger partial charge in [-0.2, -0.15) is 0 Å². The van der Waals surface area contributed by atoms with Crippen LogP contribution in [-0.2, 0) is 14.5 Å². The van der Waals surface area contributed by atoms with Gasteiger partial charge in [0.1, 0.15) is 5.60 Å². The summed E-state index contributed by atoms with van der Waals surface area (Å²) in [5.41, 5.74) is -0.0172. The van der Waals surface area contributed by atoms with Crippen molar-refractivity contribution in [2.45, 2.75) is 65.6 Å². The molecule has 0 saturated heterocycles. The van der Waals surface area contributed by atoms with Gasteiger partial charge in [-0.3, -0.25) is 0 Å². The van der Waals surface area contributed by atoms with E-state index in [-0.39, 0.29) is 11.7 Å². The Labute approximate surface area is 106 Å². The number of hydrogen-bond donors (Lipinski definition) is 0. The van der Waals surface area contributed by atoms with Gasteiger partial charge in [0.2, 0.25) is 0 Å². The van der Waals surface area contributed by atoms with Crippen LogP contribution in [0.2, 0.25) is 0 Å². The molecule has 2 unspecified atom stereocenters. The van der Waals surface area contributed by atoms with E-state index in [0.717, 1.165) is 12.8 Å². The highest BCUT2D eigenvalue weighted by molar-refractivity contribution is 4.83. The molecule has 0 amide bonds. The minimum Gasteiger partial charge on any atom is -0.382 e. The fraction of sp³-hybridized carbons (Fsp3) is 1.00. The molecule has 0 heterocycles. The van der Waals surface area contributed by atoms with Gasteiger partial charge >= 0.3 is 0 Å². The second kappa shape index (κ2) is 5.68. The fourth-order valence-electron chi connectivity index (χ4n) is 2.90. The van der Waals surface area contributed by atoms with Gasteiger partial charge in [0, 0.05) is 7.11 Å². The summed E-state index contributed by atoms with van der Waals surface area (Å²) in [6.07, 6.45) is 3.64. The summed E-state index contributed by atoms with van der Waals surface area (Å²) in [4.78, 5) is 11.2. The quantitative estimate of drug-likeness (QED) is 0.546. The molecule has 1 rings (SSSR count). The van der Waals surface area contributed by atoms with E-state index in [1.165, 1.54) is 6.42 Å². The van der Waals surface area contributed by atoms with Crippen LogP contribution in [0.15, 0.2) is 0 Å². The molecule has 0 aromatic rings. The molecule has 0 aromatic carbocycles. The van der Waals surface area contributed by atoms with Gasteiger partial charge in [0.15, 0.2) is 0 Å². The van der Waals surface area contributed by atoms with Crippen LogP contribution in [0.3, 0.4) is 0 Å². The Bertz CT molecular complexity index is 236. The van der Waals surface area contributed by atoms with E-state index in [1.807, 2.05) is 13.8 Å². The normalized spacial score (nSPS) is 29.3. The van der Waals surface area contributed by atoms with Crippen LogP contribution in [0.1, 0.15) is 53.9 Å². The van der Waals surface area contributed by atoms with E-state index in [9.17, 15) is 0 Å². The van der Waals surface area contributed by atoms with Crippen molar-refractivity contribution >= 4 is 0 Å². The van der Waals surface area contributed by atoms with Crippen molar-refractivity contribution in [3.05, 3.63) is 0 Å². The van der Waals surface area contributed by atoms with E-state index >= 15 is 0 Å². The fourth-order valence-corrected chi connectivity index (χ4v) is 2.90. The van der Waals surface area contributed by atoms with Crippen LogP contribution in [0, 0.1) is 11.3 Å². The number of rotatable bonds is 5. The lowest BCUT2D eigenvalue weighted by Crippen LogP contribution is -2.37. The van der Waals surface area contributed by atoms with Gasteiger partial charge in [0.05, 0.1) is 12.7 Å². The van der Waals surface area contributed by atoms with Gasteiger partial charge in [-0.15, -0.1) is 0 Å². The molecule has 0 aromatic heterocycles. The number of hydrogen-bond acceptors (Lipinski definition) is 3. The second-order valence-electron chi connectivity index (χ2n) is 6.91. The summed E-state index contributed by atoms with van der Waals surface area (Å²) in [6, 6.07) is 0. The molecule has 3 nitrogen and oxygen atoms in total. The predicted molar refractivity (Wildman–Crippen MR) is 68.7 cm³/mol. The Morgan fingerprint density at radius 1 is 1.24 bits per heavy atom. The molecular formula is C14H28O3. The highest BCUT2D eigenvalue weighted by atomic mass is 17.2. The minimum atomic E-state index is -0.375. The number of methoxy groups -OCH3 is 1. The lowest BCUT2D eigenvalue weighted by molar-refractivity contribution is -0.389. The highest BCUT2D eigenvalue weighted by Crippen LogP contribution is 2.40. The zero-order chi connectivity index (χ0) is 13.1. The smallest absolute Gasteiger partial charge is 0.121 e. The van der Waals surface area contributed by atoms with Crippen molar-refractivity contribution in [2.75, 3.05) is 13.7 Å². The van der Waals surface area contributed by atoms with Crippen molar-refractivity contribution < 1.29 is 14.5 Å². The third-order valence-electron chi connectivity index (χ3n) is 3.25. The molecule has 0 spiro atoms. The third-order valence-corrected chi connectivity index (χ3v) is 3.25. The topological polar surface area (TPSA) is 27.7 Å². The predicted octanol–water partition coefficient (Wildman–Crippen LogP) is 3.57. The average Bonchev–Trinajstić information content (AvgIpc) is 2.11. The van der Waals surface area contributed by atoms with E-state index in [4.69, 9.17) is 14.5 Å². The first kappa shape index (κ1) is 14.9. The first-order valence-corrected chi connectivity index (χ1v) is 6.57. The largest absolute Gasteiger partial charge is 0.382 e. The van der Waals surface area contributed by atoms with Crippen molar-refractivity contribution in [2.24, 2.45) is 11.3 Å². The van der Waals surface area contributed by atoms with Gasteiger partial charge in [-0.25, -0.2) is 9.78 Å².